The van der Waals surface area contributed by atoms with Crippen LogP contribution in [0.3, 0.4) is 0 Å². The van der Waals surface area contributed by atoms with Crippen LogP contribution in [-0.2, 0) is 28.3 Å². The molecule has 44 heavy (non-hydrogen) atoms. The standard InChI is InChI=1S/C30H33F6N5O3/c31-29(32,33)23-15-21(16-24(18-23)30(34,35)36)28(42)41-8-7-40(6-5-38-44-14-11-39-9-12-43-13-10-39)20-25(41)17-22-19-37-27-4-2-1-3-26(22)27/h1-6,15-16,18-19,25,37-38H,7-14,17,20H2/t25-/m1/s1. The lowest BCUT2D eigenvalue weighted by Gasteiger charge is -2.41. The number of hydrogen-bond donors (Lipinski definition) is 2. The second kappa shape index (κ2) is 13.5. The maximum absolute atomic E-state index is 13.6. The largest absolute Gasteiger partial charge is 0.416 e. The van der Waals surface area contributed by atoms with E-state index in [-0.39, 0.29) is 12.6 Å². The zero-order valence-electron chi connectivity index (χ0n) is 23.8. The molecule has 2 saturated heterocycles. The molecule has 1 amide bonds. The van der Waals surface area contributed by atoms with Crippen molar-refractivity contribution in [3.05, 3.63) is 83.3 Å². The van der Waals surface area contributed by atoms with Gasteiger partial charge < -0.3 is 19.5 Å². The van der Waals surface area contributed by atoms with E-state index >= 15 is 0 Å². The second-order valence-electron chi connectivity index (χ2n) is 10.7. The molecular weight excluding hydrogens is 592 g/mol. The third-order valence-electron chi connectivity index (χ3n) is 7.79. The Morgan fingerprint density at radius 1 is 1.00 bits per heavy atom. The number of rotatable bonds is 9. The maximum atomic E-state index is 13.6. The molecule has 14 heteroatoms. The molecule has 2 aliphatic heterocycles. The van der Waals surface area contributed by atoms with Crippen LogP contribution < -0.4 is 5.48 Å². The number of para-hydroxylation sites is 1. The minimum atomic E-state index is -5.06. The highest BCUT2D eigenvalue weighted by molar-refractivity contribution is 5.95. The van der Waals surface area contributed by atoms with E-state index in [1.807, 2.05) is 29.2 Å². The molecule has 2 fully saturated rings. The predicted molar refractivity (Wildman–Crippen MR) is 150 cm³/mol. The van der Waals surface area contributed by atoms with Crippen LogP contribution in [0.4, 0.5) is 26.3 Å². The van der Waals surface area contributed by atoms with Gasteiger partial charge in [0, 0.05) is 74.3 Å². The molecular formula is C30H33F6N5O3. The molecule has 2 aromatic carbocycles. The van der Waals surface area contributed by atoms with E-state index in [2.05, 4.69) is 15.4 Å². The van der Waals surface area contributed by atoms with Gasteiger partial charge >= 0.3 is 12.4 Å². The summed E-state index contributed by atoms with van der Waals surface area (Å²) in [5.41, 5.74) is 0.824. The second-order valence-corrected chi connectivity index (χ2v) is 10.7. The third kappa shape index (κ3) is 7.85. The number of carbonyl (C=O) groups excluding carboxylic acids is 1. The lowest BCUT2D eigenvalue weighted by Crippen LogP contribution is -2.54. The van der Waals surface area contributed by atoms with Crippen molar-refractivity contribution in [3.8, 4) is 0 Å². The highest BCUT2D eigenvalue weighted by Gasteiger charge is 2.39. The fourth-order valence-corrected chi connectivity index (χ4v) is 5.50. The van der Waals surface area contributed by atoms with Gasteiger partial charge in [-0.05, 0) is 36.2 Å². The summed E-state index contributed by atoms with van der Waals surface area (Å²) in [5, 5.41) is 0.918. The van der Waals surface area contributed by atoms with E-state index in [1.165, 1.54) is 4.90 Å². The molecule has 0 spiro atoms. The van der Waals surface area contributed by atoms with Crippen LogP contribution in [0.2, 0.25) is 0 Å². The number of H-pyrrole nitrogens is 1. The first kappa shape index (κ1) is 31.7. The number of nitrogens with zero attached hydrogens (tertiary/aromatic N) is 3. The maximum Gasteiger partial charge on any atom is 0.416 e. The number of alkyl halides is 6. The summed E-state index contributed by atoms with van der Waals surface area (Å²) in [6, 6.07) is 8.00. The van der Waals surface area contributed by atoms with Gasteiger partial charge in [0.1, 0.15) is 0 Å². The van der Waals surface area contributed by atoms with Gasteiger partial charge in [-0.25, -0.2) is 0 Å². The first-order chi connectivity index (χ1) is 21.0. The number of piperazine rings is 1. The van der Waals surface area contributed by atoms with Gasteiger partial charge in [-0.15, -0.1) is 0 Å². The zero-order valence-corrected chi connectivity index (χ0v) is 23.8. The van der Waals surface area contributed by atoms with Gasteiger partial charge in [-0.3, -0.25) is 20.0 Å². The molecule has 0 unspecified atom stereocenters. The molecule has 2 aliphatic rings. The van der Waals surface area contributed by atoms with Crippen LogP contribution >= 0.6 is 0 Å². The normalized spacial score (nSPS) is 18.8. The number of benzene rings is 2. The number of amides is 1. The quantitative estimate of drug-likeness (QED) is 0.200. The van der Waals surface area contributed by atoms with Crippen molar-refractivity contribution in [2.75, 3.05) is 59.1 Å². The first-order valence-corrected chi connectivity index (χ1v) is 14.2. The minimum absolute atomic E-state index is 0.0267. The monoisotopic (exact) mass is 625 g/mol. The molecule has 0 saturated carbocycles. The predicted octanol–water partition coefficient (Wildman–Crippen LogP) is 4.90. The molecule has 0 bridgehead atoms. The van der Waals surface area contributed by atoms with E-state index in [1.54, 1.807) is 18.6 Å². The van der Waals surface area contributed by atoms with Crippen molar-refractivity contribution in [2.45, 2.75) is 24.8 Å². The molecule has 0 aliphatic carbocycles. The van der Waals surface area contributed by atoms with Crippen LogP contribution in [0, 0.1) is 0 Å². The lowest BCUT2D eigenvalue weighted by molar-refractivity contribution is -0.143. The molecule has 0 radical (unpaired) electrons. The highest BCUT2D eigenvalue weighted by atomic mass is 19.4. The van der Waals surface area contributed by atoms with Crippen LogP contribution in [-0.4, -0.2) is 90.7 Å². The fourth-order valence-electron chi connectivity index (χ4n) is 5.50. The Balaban J connectivity index is 1.32. The average Bonchev–Trinajstić information content (AvgIpc) is 3.41. The van der Waals surface area contributed by atoms with Crippen LogP contribution in [0.15, 0.2) is 61.1 Å². The fraction of sp³-hybridized carbons (Fsp3) is 0.433. The summed E-state index contributed by atoms with van der Waals surface area (Å²) in [6.07, 6.45) is -4.61. The Labute approximate surface area is 250 Å². The summed E-state index contributed by atoms with van der Waals surface area (Å²) in [4.78, 5) is 27.8. The lowest BCUT2D eigenvalue weighted by atomic mass is 9.99. The highest BCUT2D eigenvalue weighted by Crippen LogP contribution is 2.37. The van der Waals surface area contributed by atoms with E-state index in [0.717, 1.165) is 36.1 Å². The number of carbonyl (C=O) groups is 1. The topological polar surface area (TPSA) is 73.1 Å². The SMILES string of the molecule is O=C(c1cc(C(F)(F)F)cc(C(F)(F)F)c1)N1CCN(C=CNOCCN2CCOCC2)C[C@H]1Cc1c[nH]c2ccccc12. The Kier molecular flexibility index (Phi) is 9.71. The summed E-state index contributed by atoms with van der Waals surface area (Å²) in [6.45, 7) is 4.96. The molecule has 2 N–H and O–H groups in total. The van der Waals surface area contributed by atoms with Crippen molar-refractivity contribution in [3.63, 3.8) is 0 Å². The number of nitrogens with one attached hydrogen (secondary N) is 2. The van der Waals surface area contributed by atoms with Gasteiger partial charge in [-0.2, -0.15) is 26.3 Å². The summed E-state index contributed by atoms with van der Waals surface area (Å²) in [5.74, 6) is -0.889. The van der Waals surface area contributed by atoms with E-state index in [4.69, 9.17) is 9.57 Å². The summed E-state index contributed by atoms with van der Waals surface area (Å²) >= 11 is 0. The van der Waals surface area contributed by atoms with E-state index in [9.17, 15) is 31.1 Å². The smallest absolute Gasteiger partial charge is 0.379 e. The Hall–Kier alpha value is -3.75. The Morgan fingerprint density at radius 2 is 1.70 bits per heavy atom. The van der Waals surface area contributed by atoms with Crippen molar-refractivity contribution < 1.29 is 40.7 Å². The molecule has 8 nitrogen and oxygen atoms in total. The van der Waals surface area contributed by atoms with Gasteiger partial charge in [0.25, 0.3) is 5.91 Å². The minimum Gasteiger partial charge on any atom is -0.379 e. The van der Waals surface area contributed by atoms with Crippen LogP contribution in [0.5, 0.6) is 0 Å². The zero-order chi connectivity index (χ0) is 31.3. The number of aromatic amines is 1. The first-order valence-electron chi connectivity index (χ1n) is 14.2. The molecule has 1 atom stereocenters. The molecule has 1 aromatic heterocycles. The number of ether oxygens (including phenoxy) is 1. The van der Waals surface area contributed by atoms with E-state index < -0.39 is 41.0 Å². The van der Waals surface area contributed by atoms with Crippen molar-refractivity contribution in [1.82, 2.24) is 25.2 Å². The van der Waals surface area contributed by atoms with Gasteiger partial charge in [0.05, 0.1) is 37.0 Å². The third-order valence-corrected chi connectivity index (χ3v) is 7.79. The number of hydrogen-bond acceptors (Lipinski definition) is 6. The summed E-state index contributed by atoms with van der Waals surface area (Å²) < 4.78 is 86.5. The van der Waals surface area contributed by atoms with Gasteiger partial charge in [0.15, 0.2) is 0 Å². The van der Waals surface area contributed by atoms with Crippen molar-refractivity contribution in [2.24, 2.45) is 0 Å². The molecule has 5 rings (SSSR count). The van der Waals surface area contributed by atoms with Crippen molar-refractivity contribution in [1.29, 1.82) is 0 Å². The number of aromatic nitrogens is 1. The van der Waals surface area contributed by atoms with Gasteiger partial charge in [-0.1, -0.05) is 18.2 Å². The van der Waals surface area contributed by atoms with Gasteiger partial charge in [0.2, 0.25) is 0 Å². The number of halogens is 6. The molecule has 3 heterocycles. The average molecular weight is 626 g/mol. The van der Waals surface area contributed by atoms with Crippen molar-refractivity contribution >= 4 is 16.8 Å². The number of hydroxylamine groups is 1. The number of morpholine rings is 1. The summed E-state index contributed by atoms with van der Waals surface area (Å²) in [7, 11) is 0. The Bertz CT molecular complexity index is 1420. The Morgan fingerprint density at radius 3 is 2.41 bits per heavy atom. The molecule has 3 aromatic rings. The van der Waals surface area contributed by atoms with Crippen LogP contribution in [0.25, 0.3) is 10.9 Å². The number of fused-ring (bicyclic) bond motifs is 1. The van der Waals surface area contributed by atoms with Crippen LogP contribution in [0.1, 0.15) is 27.0 Å². The van der Waals surface area contributed by atoms with E-state index in [0.29, 0.717) is 51.5 Å². The molecule has 238 valence electrons.